The number of hydrogen-bond acceptors (Lipinski definition) is 10. The van der Waals surface area contributed by atoms with Crippen LogP contribution in [0.4, 0.5) is 0 Å². The van der Waals surface area contributed by atoms with E-state index in [9.17, 15) is 24.6 Å². The molecule has 0 aliphatic carbocycles. The summed E-state index contributed by atoms with van der Waals surface area (Å²) in [6, 6.07) is 15.3. The summed E-state index contributed by atoms with van der Waals surface area (Å²) in [5.41, 5.74) is -2.44. The quantitative estimate of drug-likeness (QED) is 0.424. The van der Waals surface area contributed by atoms with Crippen LogP contribution in [0.25, 0.3) is 0 Å². The number of ether oxygens (including phenoxy) is 1. The van der Waals surface area contributed by atoms with Gasteiger partial charge < -0.3 is 14.9 Å². The lowest BCUT2D eigenvalue weighted by molar-refractivity contribution is -0.694. The van der Waals surface area contributed by atoms with Gasteiger partial charge in [-0.3, -0.25) is 9.59 Å². The second kappa shape index (κ2) is 7.69. The third kappa shape index (κ3) is 3.04. The van der Waals surface area contributed by atoms with Crippen molar-refractivity contribution in [3.8, 4) is 0 Å². The van der Waals surface area contributed by atoms with E-state index in [0.29, 0.717) is 0 Å². The SMILES string of the molecule is O=C1O[C@H]([C@@]2(C(=O)c3ccccc3)OOOOC2C(=O)c2ccccc2)C(O)=C1O. The van der Waals surface area contributed by atoms with Crippen molar-refractivity contribution in [3.63, 3.8) is 0 Å². The van der Waals surface area contributed by atoms with Gasteiger partial charge in [0, 0.05) is 11.1 Å². The highest BCUT2D eigenvalue weighted by Crippen LogP contribution is 2.40. The summed E-state index contributed by atoms with van der Waals surface area (Å²) in [5.74, 6) is -5.21. The Hall–Kier alpha value is -3.57. The number of ketones is 2. The fourth-order valence-electron chi connectivity index (χ4n) is 3.24. The topological polar surface area (TPSA) is 138 Å². The van der Waals surface area contributed by atoms with Gasteiger partial charge in [0.1, 0.15) is 0 Å². The monoisotopic (exact) mass is 414 g/mol. The van der Waals surface area contributed by atoms with Crippen molar-refractivity contribution >= 4 is 17.5 Å². The zero-order valence-corrected chi connectivity index (χ0v) is 15.1. The van der Waals surface area contributed by atoms with E-state index in [1.54, 1.807) is 36.4 Å². The van der Waals surface area contributed by atoms with E-state index in [1.807, 2.05) is 0 Å². The molecule has 3 atom stereocenters. The first-order chi connectivity index (χ1) is 14.5. The molecule has 0 saturated carbocycles. The number of aliphatic hydroxyl groups excluding tert-OH is 2. The Labute approximate surface area is 168 Å². The van der Waals surface area contributed by atoms with Gasteiger partial charge in [-0.2, -0.15) is 9.78 Å². The number of carbonyl (C=O) groups is 3. The fourth-order valence-corrected chi connectivity index (χ4v) is 3.24. The largest absolute Gasteiger partial charge is 0.505 e. The van der Waals surface area contributed by atoms with Crippen molar-refractivity contribution in [1.29, 1.82) is 0 Å². The van der Waals surface area contributed by atoms with Crippen LogP contribution < -0.4 is 0 Å². The molecule has 1 fully saturated rings. The molecule has 154 valence electrons. The average molecular weight is 414 g/mol. The van der Waals surface area contributed by atoms with Crippen LogP contribution in [0.5, 0.6) is 0 Å². The van der Waals surface area contributed by atoms with E-state index in [-0.39, 0.29) is 11.1 Å². The number of benzene rings is 2. The summed E-state index contributed by atoms with van der Waals surface area (Å²) < 4.78 is 4.96. The Kier molecular flexibility index (Phi) is 5.06. The Balaban J connectivity index is 1.88. The van der Waals surface area contributed by atoms with Gasteiger partial charge in [-0.1, -0.05) is 60.7 Å². The second-order valence-electron chi connectivity index (χ2n) is 6.43. The average Bonchev–Trinajstić information content (AvgIpc) is 3.06. The van der Waals surface area contributed by atoms with E-state index < -0.39 is 46.9 Å². The third-order valence-electron chi connectivity index (χ3n) is 4.71. The van der Waals surface area contributed by atoms with Crippen molar-refractivity contribution in [3.05, 3.63) is 83.3 Å². The molecule has 0 radical (unpaired) electrons. The predicted molar refractivity (Wildman–Crippen MR) is 94.6 cm³/mol. The summed E-state index contributed by atoms with van der Waals surface area (Å²) in [7, 11) is 0. The zero-order chi connectivity index (χ0) is 21.3. The molecule has 0 bridgehead atoms. The first-order valence-corrected chi connectivity index (χ1v) is 8.67. The van der Waals surface area contributed by atoms with Crippen LogP contribution in [0.2, 0.25) is 0 Å². The third-order valence-corrected chi connectivity index (χ3v) is 4.71. The van der Waals surface area contributed by atoms with Gasteiger partial charge in [0.25, 0.3) is 0 Å². The molecular formula is C20H14O10. The molecule has 2 heterocycles. The van der Waals surface area contributed by atoms with E-state index in [2.05, 4.69) is 10.1 Å². The van der Waals surface area contributed by atoms with E-state index >= 15 is 0 Å². The van der Waals surface area contributed by atoms with Gasteiger partial charge >= 0.3 is 5.97 Å². The molecule has 30 heavy (non-hydrogen) atoms. The van der Waals surface area contributed by atoms with Gasteiger partial charge in [-0.25, -0.2) is 4.79 Å². The summed E-state index contributed by atoms with van der Waals surface area (Å²) >= 11 is 0. The standard InChI is InChI=1S/C20H14O10/c21-13(11-7-3-1-4-8-11)18-20(28-30-29-27-18,16(24)12-9-5-2-6-10-12)17-14(22)15(23)19(25)26-17/h1-10,17-18,22-23H/t17-,18?,20+/m0/s1. The molecule has 2 N–H and O–H groups in total. The predicted octanol–water partition coefficient (Wildman–Crippen LogP) is 1.94. The van der Waals surface area contributed by atoms with Crippen LogP contribution in [-0.2, 0) is 29.4 Å². The minimum Gasteiger partial charge on any atom is -0.505 e. The van der Waals surface area contributed by atoms with E-state index in [1.165, 1.54) is 24.3 Å². The summed E-state index contributed by atoms with van der Waals surface area (Å²) in [6.07, 6.45) is -3.84. The van der Waals surface area contributed by atoms with Crippen molar-refractivity contribution < 1.29 is 49.2 Å². The summed E-state index contributed by atoms with van der Waals surface area (Å²) in [5, 5.41) is 28.8. The Morgan fingerprint density at radius 1 is 0.867 bits per heavy atom. The highest BCUT2D eigenvalue weighted by molar-refractivity contribution is 6.11. The number of aliphatic hydroxyl groups is 2. The van der Waals surface area contributed by atoms with Crippen molar-refractivity contribution in [1.82, 2.24) is 0 Å². The Bertz CT molecular complexity index is 1020. The number of Topliss-reactive ketones (excluding diaryl/α,β-unsaturated/α-hetero) is 2. The molecule has 0 aromatic heterocycles. The fraction of sp³-hybridized carbons (Fsp3) is 0.150. The molecule has 2 aliphatic rings. The van der Waals surface area contributed by atoms with E-state index in [0.717, 1.165) is 0 Å². The lowest BCUT2D eigenvalue weighted by Gasteiger charge is -2.39. The molecule has 4 rings (SSSR count). The first-order valence-electron chi connectivity index (χ1n) is 8.67. The molecule has 2 aromatic rings. The summed E-state index contributed by atoms with van der Waals surface area (Å²) in [6.45, 7) is 0. The molecule has 2 aliphatic heterocycles. The number of hydrogen-bond donors (Lipinski definition) is 2. The Morgan fingerprint density at radius 3 is 2.03 bits per heavy atom. The van der Waals surface area contributed by atoms with Crippen LogP contribution >= 0.6 is 0 Å². The zero-order valence-electron chi connectivity index (χ0n) is 15.1. The normalized spacial score (nSPS) is 26.3. The number of esters is 1. The van der Waals surface area contributed by atoms with Gasteiger partial charge in [0.05, 0.1) is 0 Å². The maximum atomic E-state index is 13.5. The van der Waals surface area contributed by atoms with Crippen molar-refractivity contribution in [2.45, 2.75) is 17.8 Å². The Morgan fingerprint density at radius 2 is 1.47 bits per heavy atom. The van der Waals surface area contributed by atoms with Crippen LogP contribution in [0.1, 0.15) is 20.7 Å². The van der Waals surface area contributed by atoms with Gasteiger partial charge in [-0.15, -0.1) is 0 Å². The lowest BCUT2D eigenvalue weighted by atomic mass is 9.79. The first kappa shape index (κ1) is 19.7. The van der Waals surface area contributed by atoms with Gasteiger partial charge in [0.2, 0.25) is 29.4 Å². The van der Waals surface area contributed by atoms with E-state index in [4.69, 9.17) is 14.5 Å². The van der Waals surface area contributed by atoms with Crippen LogP contribution in [0.15, 0.2) is 72.2 Å². The highest BCUT2D eigenvalue weighted by Gasteiger charge is 2.66. The minimum atomic E-state index is -2.57. The van der Waals surface area contributed by atoms with Crippen LogP contribution in [0, 0.1) is 0 Å². The lowest BCUT2D eigenvalue weighted by Crippen LogP contribution is -2.65. The van der Waals surface area contributed by atoms with Crippen molar-refractivity contribution in [2.24, 2.45) is 0 Å². The van der Waals surface area contributed by atoms with Crippen molar-refractivity contribution in [2.75, 3.05) is 0 Å². The molecule has 0 spiro atoms. The summed E-state index contributed by atoms with van der Waals surface area (Å²) in [4.78, 5) is 48.6. The van der Waals surface area contributed by atoms with Gasteiger partial charge in [-0.05, 0) is 10.1 Å². The molecule has 10 heteroatoms. The maximum absolute atomic E-state index is 13.5. The van der Waals surface area contributed by atoms with Gasteiger partial charge in [0.15, 0.2) is 11.5 Å². The number of cyclic esters (lactones) is 1. The molecular weight excluding hydrogens is 400 g/mol. The molecule has 2 aromatic carbocycles. The second-order valence-corrected chi connectivity index (χ2v) is 6.43. The minimum absolute atomic E-state index is 0.0210. The molecule has 10 nitrogen and oxygen atoms in total. The van der Waals surface area contributed by atoms with Crippen LogP contribution in [-0.4, -0.2) is 45.6 Å². The molecule has 0 amide bonds. The molecule has 1 saturated heterocycles. The number of carbonyl (C=O) groups excluding carboxylic acids is 3. The smallest absolute Gasteiger partial charge is 0.378 e. The number of rotatable bonds is 5. The molecule has 1 unspecified atom stereocenters. The maximum Gasteiger partial charge on any atom is 0.378 e. The highest BCUT2D eigenvalue weighted by atomic mass is 17.7. The van der Waals surface area contributed by atoms with Crippen LogP contribution in [0.3, 0.4) is 0 Å².